The molecule has 0 spiro atoms. The molecular weight excluding hydrogens is 226 g/mol. The fraction of sp³-hybridized carbons (Fsp3) is 0.700. The van der Waals surface area contributed by atoms with Gasteiger partial charge >= 0.3 is 12.0 Å². The van der Waals surface area contributed by atoms with E-state index in [0.29, 0.717) is 0 Å². The van der Waals surface area contributed by atoms with Crippen LogP contribution in [-0.2, 0) is 9.59 Å². The zero-order chi connectivity index (χ0) is 12.7. The molecule has 0 radical (unpaired) electrons. The summed E-state index contributed by atoms with van der Waals surface area (Å²) >= 11 is 0. The minimum Gasteiger partial charge on any atom is -0.480 e. The van der Waals surface area contributed by atoms with Crippen LogP contribution in [-0.4, -0.2) is 42.1 Å². The van der Waals surface area contributed by atoms with Crippen molar-refractivity contribution in [3.05, 3.63) is 0 Å². The molecule has 1 fully saturated rings. The fourth-order valence-electron chi connectivity index (χ4n) is 1.75. The number of carbonyl (C=O) groups excluding carboxylic acids is 2. The van der Waals surface area contributed by atoms with Gasteiger partial charge in [0.2, 0.25) is 5.91 Å². The summed E-state index contributed by atoms with van der Waals surface area (Å²) in [6, 6.07) is -0.367. The molecule has 0 heterocycles. The van der Waals surface area contributed by atoms with Crippen molar-refractivity contribution in [3.63, 3.8) is 0 Å². The van der Waals surface area contributed by atoms with Crippen LogP contribution < -0.4 is 16.0 Å². The molecule has 0 bridgehead atoms. The summed E-state index contributed by atoms with van der Waals surface area (Å²) in [6.07, 6.45) is 4.08. The maximum absolute atomic E-state index is 11.3. The Balaban J connectivity index is 2.12. The van der Waals surface area contributed by atoms with Crippen LogP contribution in [0.1, 0.15) is 25.7 Å². The van der Waals surface area contributed by atoms with Crippen LogP contribution in [0.2, 0.25) is 0 Å². The van der Waals surface area contributed by atoms with Gasteiger partial charge in [0, 0.05) is 6.04 Å². The Morgan fingerprint density at radius 1 is 1.12 bits per heavy atom. The number of hydrogen-bond acceptors (Lipinski definition) is 4. The molecule has 0 saturated heterocycles. The van der Waals surface area contributed by atoms with E-state index in [2.05, 4.69) is 16.0 Å². The van der Waals surface area contributed by atoms with E-state index in [-0.39, 0.29) is 19.1 Å². The van der Waals surface area contributed by atoms with Crippen molar-refractivity contribution in [3.8, 4) is 0 Å². The average Bonchev–Trinajstić information content (AvgIpc) is 2.69. The van der Waals surface area contributed by atoms with Crippen molar-refractivity contribution in [2.24, 2.45) is 0 Å². The first-order valence-electron chi connectivity index (χ1n) is 5.61. The number of aliphatic carboxylic acids is 1. The highest BCUT2D eigenvalue weighted by Gasteiger charge is 2.17. The number of rotatable bonds is 5. The van der Waals surface area contributed by atoms with Gasteiger partial charge in [-0.3, -0.25) is 20.2 Å². The first kappa shape index (κ1) is 13.4. The SMILES string of the molecule is O=C(O)CNCC(=O)NC(=O)NC1CCCC1. The molecule has 7 nitrogen and oxygen atoms in total. The molecule has 4 N–H and O–H groups in total. The van der Waals surface area contributed by atoms with Gasteiger partial charge in [0.1, 0.15) is 0 Å². The second-order valence-electron chi connectivity index (χ2n) is 4.00. The molecule has 0 atom stereocenters. The molecule has 3 amide bonds. The lowest BCUT2D eigenvalue weighted by molar-refractivity contribution is -0.135. The smallest absolute Gasteiger partial charge is 0.321 e. The van der Waals surface area contributed by atoms with E-state index in [9.17, 15) is 14.4 Å². The molecule has 0 aromatic heterocycles. The maximum Gasteiger partial charge on any atom is 0.321 e. The van der Waals surface area contributed by atoms with Crippen molar-refractivity contribution in [2.75, 3.05) is 13.1 Å². The molecule has 0 aromatic carbocycles. The second-order valence-corrected chi connectivity index (χ2v) is 4.00. The molecule has 1 aliphatic carbocycles. The normalized spacial score (nSPS) is 15.5. The number of urea groups is 1. The summed E-state index contributed by atoms with van der Waals surface area (Å²) < 4.78 is 0. The standard InChI is InChI=1S/C10H17N3O4/c14-8(5-11-6-9(15)16)13-10(17)12-7-3-1-2-4-7/h7,11H,1-6H2,(H,15,16)(H2,12,13,14,17). The van der Waals surface area contributed by atoms with Crippen molar-refractivity contribution >= 4 is 17.9 Å². The lowest BCUT2D eigenvalue weighted by atomic mass is 10.2. The number of carbonyl (C=O) groups is 3. The third kappa shape index (κ3) is 5.86. The molecule has 0 aliphatic heterocycles. The summed E-state index contributed by atoms with van der Waals surface area (Å²) in [5.74, 6) is -1.59. The van der Waals surface area contributed by atoms with Crippen LogP contribution in [0.15, 0.2) is 0 Å². The van der Waals surface area contributed by atoms with Crippen LogP contribution >= 0.6 is 0 Å². The molecule has 0 unspecified atom stereocenters. The first-order valence-corrected chi connectivity index (χ1v) is 5.61. The highest BCUT2D eigenvalue weighted by atomic mass is 16.4. The zero-order valence-corrected chi connectivity index (χ0v) is 9.49. The maximum atomic E-state index is 11.3. The monoisotopic (exact) mass is 243 g/mol. The van der Waals surface area contributed by atoms with E-state index in [0.717, 1.165) is 25.7 Å². The van der Waals surface area contributed by atoms with E-state index < -0.39 is 17.9 Å². The molecule has 1 aliphatic rings. The lowest BCUT2D eigenvalue weighted by Gasteiger charge is -2.12. The summed E-state index contributed by atoms with van der Waals surface area (Å²) in [4.78, 5) is 32.7. The number of hydrogen-bond donors (Lipinski definition) is 4. The van der Waals surface area contributed by atoms with Gasteiger partial charge in [0.15, 0.2) is 0 Å². The van der Waals surface area contributed by atoms with E-state index in [4.69, 9.17) is 5.11 Å². The number of amides is 3. The van der Waals surface area contributed by atoms with Crippen molar-refractivity contribution in [2.45, 2.75) is 31.7 Å². The highest BCUT2D eigenvalue weighted by Crippen LogP contribution is 2.17. The second kappa shape index (κ2) is 6.85. The van der Waals surface area contributed by atoms with Gasteiger partial charge in [-0.2, -0.15) is 0 Å². The highest BCUT2D eigenvalue weighted by molar-refractivity contribution is 5.95. The van der Waals surface area contributed by atoms with Crippen molar-refractivity contribution in [1.29, 1.82) is 0 Å². The van der Waals surface area contributed by atoms with E-state index in [1.165, 1.54) is 0 Å². The molecule has 1 rings (SSSR count). The number of carboxylic acid groups (broad SMARTS) is 1. The largest absolute Gasteiger partial charge is 0.480 e. The number of imide groups is 1. The van der Waals surface area contributed by atoms with Crippen molar-refractivity contribution in [1.82, 2.24) is 16.0 Å². The summed E-state index contributed by atoms with van der Waals surface area (Å²) in [5.41, 5.74) is 0. The van der Waals surface area contributed by atoms with E-state index >= 15 is 0 Å². The van der Waals surface area contributed by atoms with Crippen LogP contribution in [0.4, 0.5) is 4.79 Å². The van der Waals surface area contributed by atoms with Gasteiger partial charge in [-0.15, -0.1) is 0 Å². The van der Waals surface area contributed by atoms with Crippen molar-refractivity contribution < 1.29 is 19.5 Å². The Bertz CT molecular complexity index is 300. The Morgan fingerprint density at radius 2 is 1.76 bits per heavy atom. The van der Waals surface area contributed by atoms with Gasteiger partial charge in [-0.1, -0.05) is 12.8 Å². The minimum absolute atomic E-state index is 0.148. The van der Waals surface area contributed by atoms with Crippen LogP contribution in [0.5, 0.6) is 0 Å². The molecular formula is C10H17N3O4. The predicted octanol–water partition coefficient (Wildman–Crippen LogP) is -0.571. The molecule has 0 aromatic rings. The number of nitrogens with one attached hydrogen (secondary N) is 3. The van der Waals surface area contributed by atoms with Gasteiger partial charge < -0.3 is 10.4 Å². The van der Waals surface area contributed by atoms with E-state index in [1.807, 2.05) is 0 Å². The zero-order valence-electron chi connectivity index (χ0n) is 9.49. The van der Waals surface area contributed by atoms with Gasteiger partial charge in [-0.25, -0.2) is 4.79 Å². The van der Waals surface area contributed by atoms with Gasteiger partial charge in [0.25, 0.3) is 0 Å². The van der Waals surface area contributed by atoms with Gasteiger partial charge in [-0.05, 0) is 12.8 Å². The van der Waals surface area contributed by atoms with Crippen LogP contribution in [0.3, 0.4) is 0 Å². The molecule has 1 saturated carbocycles. The molecule has 96 valence electrons. The predicted molar refractivity (Wildman–Crippen MR) is 59.4 cm³/mol. The summed E-state index contributed by atoms with van der Waals surface area (Å²) in [5, 5.41) is 15.5. The van der Waals surface area contributed by atoms with E-state index in [1.54, 1.807) is 0 Å². The molecule has 7 heteroatoms. The Morgan fingerprint density at radius 3 is 2.35 bits per heavy atom. The fourth-order valence-corrected chi connectivity index (χ4v) is 1.75. The third-order valence-corrected chi connectivity index (χ3v) is 2.51. The van der Waals surface area contributed by atoms with Crippen LogP contribution in [0, 0.1) is 0 Å². The summed E-state index contributed by atoms with van der Waals surface area (Å²) in [7, 11) is 0. The Hall–Kier alpha value is -1.63. The van der Waals surface area contributed by atoms with Crippen LogP contribution in [0.25, 0.3) is 0 Å². The quantitative estimate of drug-likeness (QED) is 0.517. The molecule has 17 heavy (non-hydrogen) atoms. The topological polar surface area (TPSA) is 108 Å². The Kier molecular flexibility index (Phi) is 5.41. The average molecular weight is 243 g/mol. The third-order valence-electron chi connectivity index (χ3n) is 2.51. The minimum atomic E-state index is -1.05. The lowest BCUT2D eigenvalue weighted by Crippen LogP contribution is -2.46. The first-order chi connectivity index (χ1) is 8.08. The van der Waals surface area contributed by atoms with Gasteiger partial charge in [0.05, 0.1) is 13.1 Å². The summed E-state index contributed by atoms with van der Waals surface area (Å²) in [6.45, 7) is -0.498. The Labute approximate surface area is 98.9 Å². The number of carboxylic acids is 1.